The summed E-state index contributed by atoms with van der Waals surface area (Å²) in [5, 5.41) is 8.80. The predicted molar refractivity (Wildman–Crippen MR) is 71.3 cm³/mol. The van der Waals surface area contributed by atoms with Crippen LogP contribution < -0.4 is 9.47 Å². The molecule has 0 spiro atoms. The standard InChI is InChI=1S/C14H17NO5/c1-2-15(9-13(16)17)14(18)10-4-5-11-12(8-10)20-7-3-6-19-11/h4-5,8H,2-3,6-7,9H2,1H3,(H,16,17). The second kappa shape index (κ2) is 6.27. The number of carbonyl (C=O) groups is 2. The molecule has 1 aliphatic heterocycles. The van der Waals surface area contributed by atoms with E-state index in [0.717, 1.165) is 6.42 Å². The van der Waals surface area contributed by atoms with Gasteiger partial charge in [0.15, 0.2) is 11.5 Å². The molecule has 0 aliphatic carbocycles. The van der Waals surface area contributed by atoms with E-state index in [0.29, 0.717) is 36.8 Å². The molecular weight excluding hydrogens is 262 g/mol. The van der Waals surface area contributed by atoms with Gasteiger partial charge in [-0.15, -0.1) is 0 Å². The van der Waals surface area contributed by atoms with Crippen LogP contribution in [0.5, 0.6) is 11.5 Å². The van der Waals surface area contributed by atoms with Gasteiger partial charge in [-0.2, -0.15) is 0 Å². The van der Waals surface area contributed by atoms with Crippen molar-refractivity contribution in [3.8, 4) is 11.5 Å². The van der Waals surface area contributed by atoms with Gasteiger partial charge in [0.2, 0.25) is 0 Å². The first kappa shape index (κ1) is 14.2. The number of carboxylic acid groups (broad SMARTS) is 1. The fraction of sp³-hybridized carbons (Fsp3) is 0.429. The molecule has 1 amide bonds. The Hall–Kier alpha value is -2.24. The Balaban J connectivity index is 2.21. The molecule has 20 heavy (non-hydrogen) atoms. The van der Waals surface area contributed by atoms with Crippen molar-refractivity contribution in [3.05, 3.63) is 23.8 Å². The fourth-order valence-electron chi connectivity index (χ4n) is 1.97. The van der Waals surface area contributed by atoms with Gasteiger partial charge in [-0.3, -0.25) is 9.59 Å². The van der Waals surface area contributed by atoms with Crippen LogP contribution in [0.3, 0.4) is 0 Å². The molecule has 1 N–H and O–H groups in total. The van der Waals surface area contributed by atoms with Gasteiger partial charge < -0.3 is 19.5 Å². The molecule has 2 rings (SSSR count). The molecule has 1 aromatic rings. The van der Waals surface area contributed by atoms with Crippen molar-refractivity contribution in [2.24, 2.45) is 0 Å². The third-order valence-corrected chi connectivity index (χ3v) is 2.99. The molecule has 0 unspecified atom stereocenters. The van der Waals surface area contributed by atoms with E-state index in [2.05, 4.69) is 0 Å². The zero-order valence-corrected chi connectivity index (χ0v) is 11.3. The van der Waals surface area contributed by atoms with Crippen LogP contribution in [-0.2, 0) is 4.79 Å². The Bertz CT molecular complexity index is 514. The van der Waals surface area contributed by atoms with Crippen molar-refractivity contribution in [1.82, 2.24) is 4.90 Å². The topological polar surface area (TPSA) is 76.1 Å². The quantitative estimate of drug-likeness (QED) is 0.901. The lowest BCUT2D eigenvalue weighted by Crippen LogP contribution is -2.35. The zero-order valence-electron chi connectivity index (χ0n) is 11.3. The molecule has 0 fully saturated rings. The maximum Gasteiger partial charge on any atom is 0.323 e. The molecule has 0 aromatic heterocycles. The largest absolute Gasteiger partial charge is 0.490 e. The molecule has 108 valence electrons. The minimum Gasteiger partial charge on any atom is -0.490 e. The van der Waals surface area contributed by atoms with Crippen molar-refractivity contribution in [2.75, 3.05) is 26.3 Å². The lowest BCUT2D eigenvalue weighted by molar-refractivity contribution is -0.137. The lowest BCUT2D eigenvalue weighted by atomic mass is 10.1. The van der Waals surface area contributed by atoms with E-state index < -0.39 is 5.97 Å². The maximum atomic E-state index is 12.2. The molecular formula is C14H17NO5. The summed E-state index contributed by atoms with van der Waals surface area (Å²) in [4.78, 5) is 24.3. The summed E-state index contributed by atoms with van der Waals surface area (Å²) in [6.45, 7) is 2.88. The number of likely N-dealkylation sites (N-methyl/N-ethyl adjacent to an activating group) is 1. The molecule has 0 atom stereocenters. The zero-order chi connectivity index (χ0) is 14.5. The number of rotatable bonds is 4. The number of aliphatic carboxylic acids is 1. The van der Waals surface area contributed by atoms with E-state index in [1.807, 2.05) is 0 Å². The Morgan fingerprint density at radius 2 is 1.95 bits per heavy atom. The van der Waals surface area contributed by atoms with Crippen LogP contribution in [0, 0.1) is 0 Å². The predicted octanol–water partition coefficient (Wildman–Crippen LogP) is 1.39. The average molecular weight is 279 g/mol. The van der Waals surface area contributed by atoms with Gasteiger partial charge in [0, 0.05) is 18.5 Å². The number of carboxylic acids is 1. The van der Waals surface area contributed by atoms with Crippen LogP contribution in [0.1, 0.15) is 23.7 Å². The Labute approximate surface area is 116 Å². The molecule has 0 saturated carbocycles. The van der Waals surface area contributed by atoms with Crippen molar-refractivity contribution in [2.45, 2.75) is 13.3 Å². The molecule has 6 nitrogen and oxygen atoms in total. The van der Waals surface area contributed by atoms with E-state index in [4.69, 9.17) is 14.6 Å². The highest BCUT2D eigenvalue weighted by Gasteiger charge is 2.19. The summed E-state index contributed by atoms with van der Waals surface area (Å²) in [6.07, 6.45) is 0.790. The summed E-state index contributed by atoms with van der Waals surface area (Å²) in [5.74, 6) is -0.222. The third-order valence-electron chi connectivity index (χ3n) is 2.99. The van der Waals surface area contributed by atoms with Crippen molar-refractivity contribution >= 4 is 11.9 Å². The van der Waals surface area contributed by atoms with Crippen molar-refractivity contribution < 1.29 is 24.2 Å². The van der Waals surface area contributed by atoms with Crippen molar-refractivity contribution in [1.29, 1.82) is 0 Å². The number of benzene rings is 1. The minimum absolute atomic E-state index is 0.316. The fourth-order valence-corrected chi connectivity index (χ4v) is 1.97. The number of nitrogens with zero attached hydrogens (tertiary/aromatic N) is 1. The second-order valence-electron chi connectivity index (χ2n) is 4.43. The summed E-state index contributed by atoms with van der Waals surface area (Å²) >= 11 is 0. The molecule has 1 heterocycles. The van der Waals surface area contributed by atoms with E-state index in [1.165, 1.54) is 4.90 Å². The van der Waals surface area contributed by atoms with Crippen LogP contribution >= 0.6 is 0 Å². The van der Waals surface area contributed by atoms with Gasteiger partial charge in [-0.25, -0.2) is 0 Å². The van der Waals surface area contributed by atoms with E-state index >= 15 is 0 Å². The minimum atomic E-state index is -1.03. The van der Waals surface area contributed by atoms with Crippen LogP contribution in [0.25, 0.3) is 0 Å². The highest BCUT2D eigenvalue weighted by molar-refractivity contribution is 5.96. The average Bonchev–Trinajstić information content (AvgIpc) is 2.68. The third kappa shape index (κ3) is 3.20. The molecule has 1 aromatic carbocycles. The highest BCUT2D eigenvalue weighted by atomic mass is 16.5. The van der Waals surface area contributed by atoms with Gasteiger partial charge in [0.25, 0.3) is 5.91 Å². The number of ether oxygens (including phenoxy) is 2. The normalized spacial score (nSPS) is 13.4. The second-order valence-corrected chi connectivity index (χ2v) is 4.43. The van der Waals surface area contributed by atoms with Crippen LogP contribution in [0.15, 0.2) is 18.2 Å². The van der Waals surface area contributed by atoms with E-state index in [-0.39, 0.29) is 12.5 Å². The number of carbonyl (C=O) groups excluding carboxylic acids is 1. The summed E-state index contributed by atoms with van der Waals surface area (Å²) < 4.78 is 11.0. The summed E-state index contributed by atoms with van der Waals surface area (Å²) in [7, 11) is 0. The van der Waals surface area contributed by atoms with Gasteiger partial charge in [0.1, 0.15) is 6.54 Å². The molecule has 0 bridgehead atoms. The molecule has 0 radical (unpaired) electrons. The molecule has 1 aliphatic rings. The van der Waals surface area contributed by atoms with Gasteiger partial charge in [0.05, 0.1) is 13.2 Å². The van der Waals surface area contributed by atoms with E-state index in [9.17, 15) is 9.59 Å². The van der Waals surface area contributed by atoms with Gasteiger partial charge in [-0.1, -0.05) is 0 Å². The van der Waals surface area contributed by atoms with E-state index in [1.54, 1.807) is 25.1 Å². The SMILES string of the molecule is CCN(CC(=O)O)C(=O)c1ccc2c(c1)OCCCO2. The highest BCUT2D eigenvalue weighted by Crippen LogP contribution is 2.30. The summed E-state index contributed by atoms with van der Waals surface area (Å²) in [5.41, 5.74) is 0.400. The van der Waals surface area contributed by atoms with Gasteiger partial charge in [-0.05, 0) is 25.1 Å². The number of fused-ring (bicyclic) bond motifs is 1. The first-order chi connectivity index (χ1) is 9.61. The maximum absolute atomic E-state index is 12.2. The Morgan fingerprint density at radius 3 is 2.60 bits per heavy atom. The lowest BCUT2D eigenvalue weighted by Gasteiger charge is -2.19. The van der Waals surface area contributed by atoms with Crippen LogP contribution in [0.2, 0.25) is 0 Å². The number of hydrogen-bond donors (Lipinski definition) is 1. The number of amides is 1. The first-order valence-corrected chi connectivity index (χ1v) is 6.52. The number of hydrogen-bond acceptors (Lipinski definition) is 4. The molecule has 0 saturated heterocycles. The molecule has 6 heteroatoms. The van der Waals surface area contributed by atoms with Gasteiger partial charge >= 0.3 is 5.97 Å². The van der Waals surface area contributed by atoms with Crippen LogP contribution in [0.4, 0.5) is 0 Å². The van der Waals surface area contributed by atoms with Crippen molar-refractivity contribution in [3.63, 3.8) is 0 Å². The Kier molecular flexibility index (Phi) is 4.45. The smallest absolute Gasteiger partial charge is 0.323 e. The monoisotopic (exact) mass is 279 g/mol. The summed E-state index contributed by atoms with van der Waals surface area (Å²) in [6, 6.07) is 4.91. The Morgan fingerprint density at radius 1 is 1.25 bits per heavy atom. The van der Waals surface area contributed by atoms with Crippen LogP contribution in [-0.4, -0.2) is 48.2 Å². The first-order valence-electron chi connectivity index (χ1n) is 6.52.